The van der Waals surface area contributed by atoms with Crippen molar-refractivity contribution in [3.05, 3.63) is 33.8 Å². The highest BCUT2D eigenvalue weighted by Crippen LogP contribution is 2.27. The predicted octanol–water partition coefficient (Wildman–Crippen LogP) is 4.71. The summed E-state index contributed by atoms with van der Waals surface area (Å²) in [5.41, 5.74) is 1.17. The zero-order valence-electron chi connectivity index (χ0n) is 12.0. The van der Waals surface area contributed by atoms with Crippen LogP contribution in [0.2, 0.25) is 10.0 Å². The molecule has 4 heteroatoms. The Labute approximate surface area is 126 Å². The molecule has 0 spiro atoms. The largest absolute Gasteiger partial charge is 0.383 e. The fourth-order valence-electron chi connectivity index (χ4n) is 2.05. The lowest BCUT2D eigenvalue weighted by Gasteiger charge is -2.28. The van der Waals surface area contributed by atoms with Gasteiger partial charge in [-0.15, -0.1) is 0 Å². The molecule has 1 aromatic carbocycles. The second kappa shape index (κ2) is 8.11. The number of hydrogen-bond donors (Lipinski definition) is 1. The van der Waals surface area contributed by atoms with Gasteiger partial charge in [-0.1, -0.05) is 50.0 Å². The average molecular weight is 304 g/mol. The molecule has 0 aliphatic carbocycles. The third-order valence-electron chi connectivity index (χ3n) is 3.32. The number of hydrogen-bond acceptors (Lipinski definition) is 2. The number of methoxy groups -OCH3 is 1. The molecule has 0 aliphatic rings. The van der Waals surface area contributed by atoms with E-state index in [1.54, 1.807) is 7.11 Å². The molecule has 2 atom stereocenters. The minimum Gasteiger partial charge on any atom is -0.383 e. The van der Waals surface area contributed by atoms with Crippen LogP contribution < -0.4 is 5.32 Å². The van der Waals surface area contributed by atoms with Gasteiger partial charge in [0, 0.05) is 19.2 Å². The van der Waals surface area contributed by atoms with Crippen molar-refractivity contribution in [1.29, 1.82) is 0 Å². The molecular formula is C15H23Cl2NO. The zero-order chi connectivity index (χ0) is 14.4. The molecule has 1 rings (SSSR count). The topological polar surface area (TPSA) is 21.3 Å². The lowest BCUT2D eigenvalue weighted by molar-refractivity contribution is 0.139. The van der Waals surface area contributed by atoms with Crippen molar-refractivity contribution in [1.82, 2.24) is 5.32 Å². The second-order valence-corrected chi connectivity index (χ2v) is 5.92. The Morgan fingerprint density at radius 3 is 2.37 bits per heavy atom. The molecular weight excluding hydrogens is 281 g/mol. The monoisotopic (exact) mass is 303 g/mol. The van der Waals surface area contributed by atoms with Gasteiger partial charge in [0.05, 0.1) is 16.7 Å². The lowest BCUT2D eigenvalue weighted by atomic mass is 9.99. The molecule has 1 aromatic rings. The molecule has 2 unspecified atom stereocenters. The van der Waals surface area contributed by atoms with Crippen LogP contribution in [-0.2, 0) is 4.74 Å². The van der Waals surface area contributed by atoms with Crippen LogP contribution in [0, 0.1) is 5.92 Å². The first kappa shape index (κ1) is 16.8. The lowest BCUT2D eigenvalue weighted by Crippen LogP contribution is -2.40. The highest BCUT2D eigenvalue weighted by molar-refractivity contribution is 6.42. The summed E-state index contributed by atoms with van der Waals surface area (Å²) in [6.45, 7) is 7.25. The first-order chi connectivity index (χ1) is 8.99. The van der Waals surface area contributed by atoms with Crippen molar-refractivity contribution in [2.45, 2.75) is 39.3 Å². The predicted molar refractivity (Wildman–Crippen MR) is 83.1 cm³/mol. The van der Waals surface area contributed by atoms with E-state index in [1.165, 1.54) is 5.56 Å². The molecule has 0 bridgehead atoms. The standard InChI is InChI=1S/C15H23Cl2NO/c1-5-14(18-15(9-19-4)10(2)3)11-6-7-12(16)13(17)8-11/h6-8,10,14-15,18H,5,9H2,1-4H3. The number of benzene rings is 1. The van der Waals surface area contributed by atoms with E-state index in [4.69, 9.17) is 27.9 Å². The van der Waals surface area contributed by atoms with Crippen molar-refractivity contribution >= 4 is 23.2 Å². The maximum absolute atomic E-state index is 6.09. The summed E-state index contributed by atoms with van der Waals surface area (Å²) in [7, 11) is 1.73. The molecule has 19 heavy (non-hydrogen) atoms. The number of halogens is 2. The Bertz CT molecular complexity index is 396. The molecule has 0 saturated carbocycles. The highest BCUT2D eigenvalue weighted by atomic mass is 35.5. The highest BCUT2D eigenvalue weighted by Gasteiger charge is 2.19. The summed E-state index contributed by atoms with van der Waals surface area (Å²) < 4.78 is 5.28. The fraction of sp³-hybridized carbons (Fsp3) is 0.600. The van der Waals surface area contributed by atoms with Crippen LogP contribution in [0.1, 0.15) is 38.8 Å². The third-order valence-corrected chi connectivity index (χ3v) is 4.06. The van der Waals surface area contributed by atoms with Gasteiger partial charge in [0.1, 0.15) is 0 Å². The molecule has 0 fully saturated rings. The molecule has 1 N–H and O–H groups in total. The third kappa shape index (κ3) is 4.96. The fourth-order valence-corrected chi connectivity index (χ4v) is 2.36. The minimum absolute atomic E-state index is 0.261. The van der Waals surface area contributed by atoms with Crippen LogP contribution in [0.4, 0.5) is 0 Å². The second-order valence-electron chi connectivity index (χ2n) is 5.11. The van der Waals surface area contributed by atoms with Gasteiger partial charge in [0.2, 0.25) is 0 Å². The van der Waals surface area contributed by atoms with Gasteiger partial charge in [-0.3, -0.25) is 0 Å². The van der Waals surface area contributed by atoms with Crippen molar-refractivity contribution in [3.8, 4) is 0 Å². The normalized spacial score (nSPS) is 14.7. The minimum atomic E-state index is 0.261. The zero-order valence-corrected chi connectivity index (χ0v) is 13.6. The van der Waals surface area contributed by atoms with Crippen molar-refractivity contribution in [3.63, 3.8) is 0 Å². The maximum atomic E-state index is 6.09. The van der Waals surface area contributed by atoms with Gasteiger partial charge in [-0.2, -0.15) is 0 Å². The molecule has 0 radical (unpaired) electrons. The molecule has 0 heterocycles. The summed E-state index contributed by atoms with van der Waals surface area (Å²) in [6.07, 6.45) is 0.991. The van der Waals surface area contributed by atoms with Gasteiger partial charge in [0.15, 0.2) is 0 Å². The van der Waals surface area contributed by atoms with Crippen LogP contribution in [0.25, 0.3) is 0 Å². The van der Waals surface area contributed by atoms with Crippen LogP contribution in [-0.4, -0.2) is 19.8 Å². The van der Waals surface area contributed by atoms with Crippen LogP contribution in [0.3, 0.4) is 0 Å². The maximum Gasteiger partial charge on any atom is 0.0618 e. The van der Waals surface area contributed by atoms with Gasteiger partial charge >= 0.3 is 0 Å². The Kier molecular flexibility index (Phi) is 7.16. The Balaban J connectivity index is 2.84. The van der Waals surface area contributed by atoms with Crippen molar-refractivity contribution in [2.24, 2.45) is 5.92 Å². The first-order valence-electron chi connectivity index (χ1n) is 6.69. The van der Waals surface area contributed by atoms with E-state index in [-0.39, 0.29) is 6.04 Å². The quantitative estimate of drug-likeness (QED) is 0.788. The Morgan fingerprint density at radius 1 is 1.21 bits per heavy atom. The van der Waals surface area contributed by atoms with E-state index in [0.717, 1.165) is 6.42 Å². The van der Waals surface area contributed by atoms with Crippen molar-refractivity contribution < 1.29 is 4.74 Å². The smallest absolute Gasteiger partial charge is 0.0618 e. The summed E-state index contributed by atoms with van der Waals surface area (Å²) in [5, 5.41) is 4.84. The molecule has 0 saturated heterocycles. The molecule has 2 nitrogen and oxygen atoms in total. The first-order valence-corrected chi connectivity index (χ1v) is 7.45. The van der Waals surface area contributed by atoms with E-state index >= 15 is 0 Å². The van der Waals surface area contributed by atoms with E-state index in [1.807, 2.05) is 18.2 Å². The van der Waals surface area contributed by atoms with E-state index in [0.29, 0.717) is 28.6 Å². The molecule has 108 valence electrons. The SMILES string of the molecule is CCC(NC(COC)C(C)C)c1ccc(Cl)c(Cl)c1. The Morgan fingerprint density at radius 2 is 1.89 bits per heavy atom. The van der Waals surface area contributed by atoms with Gasteiger partial charge in [0.25, 0.3) is 0 Å². The van der Waals surface area contributed by atoms with Gasteiger partial charge < -0.3 is 10.1 Å². The van der Waals surface area contributed by atoms with E-state index < -0.39 is 0 Å². The van der Waals surface area contributed by atoms with Crippen LogP contribution >= 0.6 is 23.2 Å². The van der Waals surface area contributed by atoms with Crippen molar-refractivity contribution in [2.75, 3.05) is 13.7 Å². The van der Waals surface area contributed by atoms with E-state index in [9.17, 15) is 0 Å². The van der Waals surface area contributed by atoms with Gasteiger partial charge in [-0.25, -0.2) is 0 Å². The van der Waals surface area contributed by atoms with Crippen LogP contribution in [0.5, 0.6) is 0 Å². The molecule has 0 amide bonds. The van der Waals surface area contributed by atoms with Gasteiger partial charge in [-0.05, 0) is 30.0 Å². The summed E-state index contributed by atoms with van der Waals surface area (Å²) in [5.74, 6) is 0.511. The van der Waals surface area contributed by atoms with Crippen LogP contribution in [0.15, 0.2) is 18.2 Å². The molecule has 0 aliphatic heterocycles. The Hall–Kier alpha value is -0.280. The summed E-state index contributed by atoms with van der Waals surface area (Å²) >= 11 is 12.1. The van der Waals surface area contributed by atoms with E-state index in [2.05, 4.69) is 26.1 Å². The number of ether oxygens (including phenoxy) is 1. The number of rotatable bonds is 7. The summed E-state index contributed by atoms with van der Waals surface area (Å²) in [6, 6.07) is 6.40. The summed E-state index contributed by atoms with van der Waals surface area (Å²) in [4.78, 5) is 0. The number of nitrogens with one attached hydrogen (secondary N) is 1. The molecule has 0 aromatic heterocycles. The average Bonchev–Trinajstić information content (AvgIpc) is 2.37.